The smallest absolute Gasteiger partial charge is 0.341 e. The van der Waals surface area contributed by atoms with Gasteiger partial charge in [0.25, 0.3) is 0 Å². The van der Waals surface area contributed by atoms with Crippen molar-refractivity contribution < 1.29 is 19.1 Å². The monoisotopic (exact) mass is 603 g/mol. The standard InChI is InChI=1S/C31H33N5O4S2/c1-4-40-30(39)27-23-14-9-15-24(23)42-29(27)33-28(38)20(3)41-31-35-34-25(36(31)22-13-8-10-19(2)16-22)18-32-26(37)17-21-11-6-5-7-12-21/h5-8,10-13,16,20H,4,9,14-15,17-18H2,1-3H3,(H,32,37)(H,33,38)/t20-/m1/s1. The molecule has 9 nitrogen and oxygen atoms in total. The number of aromatic nitrogens is 3. The molecular weight excluding hydrogens is 571 g/mol. The number of hydrogen-bond donors (Lipinski definition) is 2. The zero-order chi connectivity index (χ0) is 29.6. The number of nitrogens with zero attached hydrogens (tertiary/aromatic N) is 3. The molecule has 0 aliphatic heterocycles. The van der Waals surface area contributed by atoms with Crippen LogP contribution in [0.4, 0.5) is 5.00 Å². The van der Waals surface area contributed by atoms with Crippen LogP contribution in [-0.2, 0) is 40.1 Å². The molecule has 0 bridgehead atoms. The van der Waals surface area contributed by atoms with E-state index >= 15 is 0 Å². The summed E-state index contributed by atoms with van der Waals surface area (Å²) in [4.78, 5) is 39.9. The van der Waals surface area contributed by atoms with Gasteiger partial charge in [0.1, 0.15) is 5.00 Å². The van der Waals surface area contributed by atoms with E-state index in [1.165, 1.54) is 23.1 Å². The second kappa shape index (κ2) is 13.3. The third kappa shape index (κ3) is 6.74. The minimum atomic E-state index is -0.551. The number of aryl methyl sites for hydroxylation is 2. The molecule has 2 aromatic heterocycles. The van der Waals surface area contributed by atoms with Gasteiger partial charge in [-0.2, -0.15) is 0 Å². The summed E-state index contributed by atoms with van der Waals surface area (Å²) in [7, 11) is 0. The van der Waals surface area contributed by atoms with Gasteiger partial charge in [-0.05, 0) is 68.9 Å². The van der Waals surface area contributed by atoms with Gasteiger partial charge in [-0.1, -0.05) is 54.2 Å². The number of ether oxygens (including phenoxy) is 1. The fraction of sp³-hybridized carbons (Fsp3) is 0.323. The number of esters is 1. The molecule has 0 unspecified atom stereocenters. The average molecular weight is 604 g/mol. The number of rotatable bonds is 11. The number of thiophene rings is 1. The minimum Gasteiger partial charge on any atom is -0.462 e. The maximum atomic E-state index is 13.4. The van der Waals surface area contributed by atoms with E-state index in [4.69, 9.17) is 4.74 Å². The van der Waals surface area contributed by atoms with Crippen molar-refractivity contribution in [3.05, 3.63) is 87.6 Å². The summed E-state index contributed by atoms with van der Waals surface area (Å²) in [5.41, 5.74) is 4.29. The number of fused-ring (bicyclic) bond motifs is 1. The highest BCUT2D eigenvalue weighted by molar-refractivity contribution is 8.00. The number of nitrogens with one attached hydrogen (secondary N) is 2. The molecule has 2 amide bonds. The topological polar surface area (TPSA) is 115 Å². The maximum absolute atomic E-state index is 13.4. The lowest BCUT2D eigenvalue weighted by Gasteiger charge is -2.15. The number of benzene rings is 2. The third-order valence-electron chi connectivity index (χ3n) is 6.90. The van der Waals surface area contributed by atoms with Gasteiger partial charge in [-0.25, -0.2) is 4.79 Å². The zero-order valence-electron chi connectivity index (χ0n) is 23.8. The molecule has 0 saturated carbocycles. The molecule has 2 N–H and O–H groups in total. The van der Waals surface area contributed by atoms with Gasteiger partial charge in [0.2, 0.25) is 11.8 Å². The van der Waals surface area contributed by atoms with Crippen LogP contribution in [0, 0.1) is 6.92 Å². The molecule has 4 aromatic rings. The Morgan fingerprint density at radius 2 is 1.90 bits per heavy atom. The molecule has 2 heterocycles. The number of thioether (sulfide) groups is 1. The van der Waals surface area contributed by atoms with Crippen LogP contribution in [0.15, 0.2) is 59.8 Å². The minimum absolute atomic E-state index is 0.123. The van der Waals surface area contributed by atoms with Gasteiger partial charge < -0.3 is 15.4 Å². The van der Waals surface area contributed by atoms with Crippen LogP contribution in [0.3, 0.4) is 0 Å². The Kier molecular flexibility index (Phi) is 9.38. The van der Waals surface area contributed by atoms with Crippen molar-refractivity contribution in [3.63, 3.8) is 0 Å². The van der Waals surface area contributed by atoms with Gasteiger partial charge in [0.15, 0.2) is 11.0 Å². The molecule has 1 atom stereocenters. The van der Waals surface area contributed by atoms with Crippen LogP contribution in [0.25, 0.3) is 5.69 Å². The van der Waals surface area contributed by atoms with Crippen LogP contribution < -0.4 is 10.6 Å². The second-order valence-electron chi connectivity index (χ2n) is 10.0. The van der Waals surface area contributed by atoms with E-state index in [1.54, 1.807) is 13.8 Å². The Labute approximate surface area is 253 Å². The highest BCUT2D eigenvalue weighted by atomic mass is 32.2. The highest BCUT2D eigenvalue weighted by Crippen LogP contribution is 2.40. The third-order valence-corrected chi connectivity index (χ3v) is 9.15. The number of anilines is 1. The van der Waals surface area contributed by atoms with Crippen molar-refractivity contribution in [2.45, 2.75) is 63.4 Å². The molecule has 42 heavy (non-hydrogen) atoms. The van der Waals surface area contributed by atoms with E-state index in [0.29, 0.717) is 21.5 Å². The lowest BCUT2D eigenvalue weighted by molar-refractivity contribution is -0.120. The lowest BCUT2D eigenvalue weighted by Crippen LogP contribution is -2.26. The first kappa shape index (κ1) is 29.5. The van der Waals surface area contributed by atoms with E-state index in [-0.39, 0.29) is 31.4 Å². The number of hydrogen-bond acceptors (Lipinski definition) is 8. The summed E-state index contributed by atoms with van der Waals surface area (Å²) in [5.74, 6) is -0.216. The second-order valence-corrected chi connectivity index (χ2v) is 12.5. The Balaban J connectivity index is 1.33. The predicted octanol–water partition coefficient (Wildman–Crippen LogP) is 5.28. The van der Waals surface area contributed by atoms with Gasteiger partial charge in [0, 0.05) is 10.6 Å². The van der Waals surface area contributed by atoms with Gasteiger partial charge in [-0.3, -0.25) is 14.2 Å². The normalized spacial score (nSPS) is 12.9. The quantitative estimate of drug-likeness (QED) is 0.177. The molecule has 11 heteroatoms. The van der Waals surface area contributed by atoms with Crippen molar-refractivity contribution in [2.75, 3.05) is 11.9 Å². The number of amides is 2. The summed E-state index contributed by atoms with van der Waals surface area (Å²) in [6.45, 7) is 6.01. The van der Waals surface area contributed by atoms with Crippen molar-refractivity contribution in [1.82, 2.24) is 20.1 Å². The SMILES string of the molecule is CCOC(=O)c1c(NC(=O)[C@@H](C)Sc2nnc(CNC(=O)Cc3ccccc3)n2-c2cccc(C)c2)sc2c1CCC2. The highest BCUT2D eigenvalue weighted by Gasteiger charge is 2.30. The van der Waals surface area contributed by atoms with Crippen LogP contribution in [-0.4, -0.2) is 44.4 Å². The summed E-state index contributed by atoms with van der Waals surface area (Å²) in [6.07, 6.45) is 2.97. The molecule has 1 aliphatic rings. The fourth-order valence-corrected chi connectivity index (χ4v) is 7.04. The predicted molar refractivity (Wildman–Crippen MR) is 164 cm³/mol. The first-order chi connectivity index (χ1) is 20.3. The Morgan fingerprint density at radius 3 is 2.67 bits per heavy atom. The zero-order valence-corrected chi connectivity index (χ0v) is 25.4. The van der Waals surface area contributed by atoms with Crippen LogP contribution in [0.2, 0.25) is 0 Å². The molecule has 0 saturated heterocycles. The molecular formula is C31H33N5O4S2. The van der Waals surface area contributed by atoms with Crippen LogP contribution in [0.1, 0.15) is 58.0 Å². The van der Waals surface area contributed by atoms with Crippen molar-refractivity contribution >= 4 is 45.9 Å². The van der Waals surface area contributed by atoms with E-state index in [2.05, 4.69) is 20.8 Å². The van der Waals surface area contributed by atoms with Gasteiger partial charge in [-0.15, -0.1) is 21.5 Å². The molecule has 5 rings (SSSR count). The maximum Gasteiger partial charge on any atom is 0.341 e. The summed E-state index contributed by atoms with van der Waals surface area (Å²) in [5, 5.41) is 15.2. The van der Waals surface area contributed by atoms with Crippen LogP contribution >= 0.6 is 23.1 Å². The van der Waals surface area contributed by atoms with E-state index in [9.17, 15) is 14.4 Å². The van der Waals surface area contributed by atoms with Crippen molar-refractivity contribution in [1.29, 1.82) is 0 Å². The summed E-state index contributed by atoms with van der Waals surface area (Å²) >= 11 is 2.72. The molecule has 1 aliphatic carbocycles. The Bertz CT molecular complexity index is 1600. The fourth-order valence-electron chi connectivity index (χ4n) is 4.88. The number of carbonyl (C=O) groups excluding carboxylic acids is 3. The summed E-state index contributed by atoms with van der Waals surface area (Å²) < 4.78 is 7.17. The lowest BCUT2D eigenvalue weighted by atomic mass is 10.1. The van der Waals surface area contributed by atoms with Crippen molar-refractivity contribution in [2.24, 2.45) is 0 Å². The van der Waals surface area contributed by atoms with Crippen LogP contribution in [0.5, 0.6) is 0 Å². The van der Waals surface area contributed by atoms with Crippen molar-refractivity contribution in [3.8, 4) is 5.69 Å². The number of carbonyl (C=O) groups is 3. The largest absolute Gasteiger partial charge is 0.462 e. The Hall–Kier alpha value is -3.96. The van der Waals surface area contributed by atoms with E-state index in [1.807, 2.05) is 66.1 Å². The molecule has 0 spiro atoms. The molecule has 2 aromatic carbocycles. The molecule has 0 radical (unpaired) electrons. The molecule has 218 valence electrons. The molecule has 0 fully saturated rings. The first-order valence-electron chi connectivity index (χ1n) is 13.9. The van der Waals surface area contributed by atoms with E-state index in [0.717, 1.165) is 46.5 Å². The van der Waals surface area contributed by atoms with Gasteiger partial charge in [0.05, 0.1) is 30.4 Å². The summed E-state index contributed by atoms with van der Waals surface area (Å²) in [6, 6.07) is 17.4. The van der Waals surface area contributed by atoms with Gasteiger partial charge >= 0.3 is 5.97 Å². The Morgan fingerprint density at radius 1 is 1.10 bits per heavy atom. The van der Waals surface area contributed by atoms with E-state index < -0.39 is 11.2 Å². The average Bonchev–Trinajstić information content (AvgIpc) is 3.67. The first-order valence-corrected chi connectivity index (χ1v) is 15.6.